The van der Waals surface area contributed by atoms with E-state index >= 15 is 0 Å². The van der Waals surface area contributed by atoms with Crippen molar-refractivity contribution in [2.24, 2.45) is 0 Å². The molecule has 1 aliphatic rings. The van der Waals surface area contributed by atoms with E-state index in [1.807, 2.05) is 0 Å². The summed E-state index contributed by atoms with van der Waals surface area (Å²) in [6.07, 6.45) is 2.58. The number of sulfonamides is 1. The highest BCUT2D eigenvalue weighted by atomic mass is 35.5. The van der Waals surface area contributed by atoms with E-state index in [2.05, 4.69) is 0 Å². The number of carbonyl (C=O) groups is 1. The first-order valence-corrected chi connectivity index (χ1v) is 8.19. The third-order valence-corrected chi connectivity index (χ3v) is 5.83. The minimum absolute atomic E-state index is 0.0359. The van der Waals surface area contributed by atoms with Crippen molar-refractivity contribution in [3.05, 3.63) is 22.7 Å². The van der Waals surface area contributed by atoms with Gasteiger partial charge in [-0.25, -0.2) is 13.2 Å². The molecule has 21 heavy (non-hydrogen) atoms. The second kappa shape index (κ2) is 5.82. The van der Waals surface area contributed by atoms with Crippen LogP contribution in [0.25, 0.3) is 0 Å². The highest BCUT2D eigenvalue weighted by molar-refractivity contribution is 7.89. The first-order chi connectivity index (χ1) is 9.78. The smallest absolute Gasteiger partial charge is 0.339 e. The minimum atomic E-state index is -3.86. The number of ether oxygens (including phenoxy) is 1. The summed E-state index contributed by atoms with van der Waals surface area (Å²) in [5, 5.41) is 9.21. The zero-order valence-corrected chi connectivity index (χ0v) is 13.2. The maximum Gasteiger partial charge on any atom is 0.339 e. The van der Waals surface area contributed by atoms with Crippen LogP contribution in [0.3, 0.4) is 0 Å². The Morgan fingerprint density at radius 3 is 2.48 bits per heavy atom. The average molecular weight is 334 g/mol. The van der Waals surface area contributed by atoms with Crippen LogP contribution in [-0.4, -0.2) is 44.0 Å². The van der Waals surface area contributed by atoms with Crippen LogP contribution in [0.5, 0.6) is 5.75 Å². The second-order valence-corrected chi connectivity index (χ2v) is 7.30. The summed E-state index contributed by atoms with van der Waals surface area (Å²) in [6.45, 7) is 0. The van der Waals surface area contributed by atoms with Gasteiger partial charge in [0.25, 0.3) is 0 Å². The van der Waals surface area contributed by atoms with E-state index in [4.69, 9.17) is 21.4 Å². The van der Waals surface area contributed by atoms with Gasteiger partial charge in [0.15, 0.2) is 5.75 Å². The van der Waals surface area contributed by atoms with Crippen molar-refractivity contribution in [1.82, 2.24) is 4.31 Å². The lowest BCUT2D eigenvalue weighted by atomic mass is 9.94. The van der Waals surface area contributed by atoms with Crippen LogP contribution in [0.1, 0.15) is 29.6 Å². The fraction of sp³-hybridized carbons (Fsp3) is 0.462. The maximum atomic E-state index is 12.7. The number of carboxylic acid groups (broad SMARTS) is 1. The van der Waals surface area contributed by atoms with Crippen molar-refractivity contribution >= 4 is 27.6 Å². The molecular weight excluding hydrogens is 318 g/mol. The molecule has 1 aliphatic carbocycles. The minimum Gasteiger partial charge on any atom is -0.494 e. The van der Waals surface area contributed by atoms with Gasteiger partial charge in [-0.1, -0.05) is 18.0 Å². The summed E-state index contributed by atoms with van der Waals surface area (Å²) in [5.74, 6) is -1.49. The van der Waals surface area contributed by atoms with Crippen LogP contribution < -0.4 is 4.74 Å². The second-order valence-electron chi connectivity index (χ2n) is 4.90. The molecule has 6 nitrogen and oxygen atoms in total. The van der Waals surface area contributed by atoms with Gasteiger partial charge in [-0.05, 0) is 25.0 Å². The topological polar surface area (TPSA) is 83.9 Å². The van der Waals surface area contributed by atoms with E-state index in [0.717, 1.165) is 19.3 Å². The van der Waals surface area contributed by atoms with Crippen molar-refractivity contribution in [1.29, 1.82) is 0 Å². The van der Waals surface area contributed by atoms with Gasteiger partial charge in [-0.15, -0.1) is 0 Å². The molecule has 0 heterocycles. The van der Waals surface area contributed by atoms with Gasteiger partial charge in [0.2, 0.25) is 10.0 Å². The van der Waals surface area contributed by atoms with Gasteiger partial charge in [0.1, 0.15) is 10.5 Å². The van der Waals surface area contributed by atoms with Crippen molar-refractivity contribution in [2.45, 2.75) is 30.2 Å². The fourth-order valence-electron chi connectivity index (χ4n) is 2.23. The number of halogens is 1. The molecule has 0 amide bonds. The van der Waals surface area contributed by atoms with Crippen LogP contribution in [0, 0.1) is 0 Å². The van der Waals surface area contributed by atoms with Gasteiger partial charge in [-0.2, -0.15) is 4.31 Å². The lowest BCUT2D eigenvalue weighted by Gasteiger charge is -2.34. The molecular formula is C13H16ClNO5S. The lowest BCUT2D eigenvalue weighted by Crippen LogP contribution is -2.41. The van der Waals surface area contributed by atoms with Gasteiger partial charge < -0.3 is 9.84 Å². The zero-order valence-electron chi connectivity index (χ0n) is 11.7. The van der Waals surface area contributed by atoms with Crippen LogP contribution in [-0.2, 0) is 10.0 Å². The standard InChI is InChI=1S/C13H16ClNO5S/c1-15(9-4-3-5-9)21(18,19)11-7-8(14)6-10(13(16)17)12(11)20-2/h6-7,9H,3-5H2,1-2H3,(H,16,17). The molecule has 0 aliphatic heterocycles. The van der Waals surface area contributed by atoms with Crippen molar-refractivity contribution in [3.63, 3.8) is 0 Å². The Kier molecular flexibility index (Phi) is 4.46. The fourth-order valence-corrected chi connectivity index (χ4v) is 4.13. The molecule has 0 atom stereocenters. The first-order valence-electron chi connectivity index (χ1n) is 6.38. The summed E-state index contributed by atoms with van der Waals surface area (Å²) in [7, 11) is -1.14. The van der Waals surface area contributed by atoms with Crippen molar-refractivity contribution in [2.75, 3.05) is 14.2 Å². The van der Waals surface area contributed by atoms with Crippen molar-refractivity contribution in [3.8, 4) is 5.75 Å². The number of nitrogens with zero attached hydrogens (tertiary/aromatic N) is 1. The van der Waals surface area contributed by atoms with Gasteiger partial charge in [0, 0.05) is 18.1 Å². The highest BCUT2D eigenvalue weighted by Gasteiger charge is 2.35. The Morgan fingerprint density at radius 1 is 1.43 bits per heavy atom. The molecule has 0 aromatic heterocycles. The van der Waals surface area contributed by atoms with Crippen molar-refractivity contribution < 1.29 is 23.1 Å². The molecule has 1 N–H and O–H groups in total. The van der Waals surface area contributed by atoms with Crippen LogP contribution in [0.2, 0.25) is 5.02 Å². The normalized spacial score (nSPS) is 15.8. The number of aromatic carboxylic acids is 1. The Bertz CT molecular complexity index is 669. The molecule has 1 aromatic carbocycles. The zero-order chi connectivity index (χ0) is 15.8. The summed E-state index contributed by atoms with van der Waals surface area (Å²) in [6, 6.07) is 2.33. The molecule has 116 valence electrons. The SMILES string of the molecule is COc1c(C(=O)O)cc(Cl)cc1S(=O)(=O)N(C)C1CCC1. The van der Waals surface area contributed by atoms with Crippen LogP contribution in [0.4, 0.5) is 0 Å². The van der Waals surface area contributed by atoms with Gasteiger partial charge in [-0.3, -0.25) is 0 Å². The number of carboxylic acids is 1. The Balaban J connectivity index is 2.59. The monoisotopic (exact) mass is 333 g/mol. The van der Waals surface area contributed by atoms with Crippen LogP contribution >= 0.6 is 11.6 Å². The maximum absolute atomic E-state index is 12.7. The molecule has 1 saturated carbocycles. The van der Waals surface area contributed by atoms with E-state index < -0.39 is 16.0 Å². The number of rotatable bonds is 5. The Hall–Kier alpha value is -1.31. The average Bonchev–Trinajstić information content (AvgIpc) is 2.35. The molecule has 1 aromatic rings. The predicted molar refractivity (Wildman–Crippen MR) is 77.6 cm³/mol. The third-order valence-electron chi connectivity index (χ3n) is 3.70. The first kappa shape index (κ1) is 16.1. The lowest BCUT2D eigenvalue weighted by molar-refractivity contribution is 0.0693. The Morgan fingerprint density at radius 2 is 2.05 bits per heavy atom. The van der Waals surface area contributed by atoms with Gasteiger partial charge >= 0.3 is 5.97 Å². The van der Waals surface area contributed by atoms with E-state index in [-0.39, 0.29) is 27.3 Å². The van der Waals surface area contributed by atoms with E-state index in [1.54, 1.807) is 0 Å². The number of methoxy groups -OCH3 is 1. The Labute approximate surface area is 128 Å². The van der Waals surface area contributed by atoms with Crippen LogP contribution in [0.15, 0.2) is 17.0 Å². The van der Waals surface area contributed by atoms with E-state index in [1.165, 1.54) is 30.6 Å². The summed E-state index contributed by atoms with van der Waals surface area (Å²) in [5.41, 5.74) is -0.273. The molecule has 0 spiro atoms. The molecule has 2 rings (SSSR count). The summed E-state index contributed by atoms with van der Waals surface area (Å²) >= 11 is 5.86. The molecule has 1 fully saturated rings. The molecule has 0 saturated heterocycles. The largest absolute Gasteiger partial charge is 0.494 e. The molecule has 0 bridgehead atoms. The molecule has 8 heteroatoms. The van der Waals surface area contributed by atoms with E-state index in [0.29, 0.717) is 0 Å². The predicted octanol–water partition coefficient (Wildman–Crippen LogP) is 2.22. The molecule has 0 radical (unpaired) electrons. The quantitative estimate of drug-likeness (QED) is 0.893. The number of benzene rings is 1. The van der Waals surface area contributed by atoms with E-state index in [9.17, 15) is 13.2 Å². The highest BCUT2D eigenvalue weighted by Crippen LogP contribution is 2.36. The summed E-state index contributed by atoms with van der Waals surface area (Å²) < 4.78 is 31.6. The molecule has 0 unspecified atom stereocenters. The number of hydrogen-bond donors (Lipinski definition) is 1. The van der Waals surface area contributed by atoms with Gasteiger partial charge in [0.05, 0.1) is 7.11 Å². The number of hydrogen-bond acceptors (Lipinski definition) is 4. The summed E-state index contributed by atoms with van der Waals surface area (Å²) in [4.78, 5) is 11.0. The third kappa shape index (κ3) is 2.86.